The van der Waals surface area contributed by atoms with Gasteiger partial charge in [-0.05, 0) is 0 Å². The molecule has 0 aliphatic rings. The molecule has 144 valence electrons. The van der Waals surface area contributed by atoms with Gasteiger partial charge in [0.2, 0.25) is 0 Å². The summed E-state index contributed by atoms with van der Waals surface area (Å²) in [6, 6.07) is 13.0. The molecule has 0 radical (unpaired) electrons. The standard InChI is InChI=1S/C17H13FN4O2.3CH3.Sn/c18-11-7-5-10(6-8-11)15(21-22-17(19)24)9-13-12-3-1-2-4-14(12)20-16(13)23;;;;/h1-9,20,23H,(H2,19,24);3*1H3;/q;;;;+1/p-1/b15-9-,22-21?;;;;. The van der Waals surface area contributed by atoms with Gasteiger partial charge in [-0.25, -0.2) is 0 Å². The predicted molar refractivity (Wildman–Crippen MR) is 111 cm³/mol. The number of amidine groups is 1. The second-order valence-electron chi connectivity index (χ2n) is 7.19. The van der Waals surface area contributed by atoms with Gasteiger partial charge in [-0.15, -0.1) is 0 Å². The van der Waals surface area contributed by atoms with Crippen LogP contribution in [0, 0.1) is 11.2 Å². The topological polar surface area (TPSA) is 93.8 Å². The Balaban J connectivity index is 2.05. The van der Waals surface area contributed by atoms with Gasteiger partial charge in [0, 0.05) is 0 Å². The van der Waals surface area contributed by atoms with Gasteiger partial charge in [0.05, 0.1) is 0 Å². The van der Waals surface area contributed by atoms with Gasteiger partial charge in [0.15, 0.2) is 0 Å². The maximum atomic E-state index is 13.3. The van der Waals surface area contributed by atoms with Gasteiger partial charge < -0.3 is 0 Å². The molecule has 0 bridgehead atoms. The van der Waals surface area contributed by atoms with E-state index in [4.69, 9.17) is 8.48 Å². The zero-order valence-electron chi connectivity index (χ0n) is 15.8. The summed E-state index contributed by atoms with van der Waals surface area (Å²) in [6.45, 7) is 0. The number of halogens is 1. The van der Waals surface area contributed by atoms with Crippen LogP contribution in [-0.4, -0.2) is 34.9 Å². The number of aromatic hydroxyl groups is 1. The van der Waals surface area contributed by atoms with E-state index < -0.39 is 18.8 Å². The fourth-order valence-corrected chi connectivity index (χ4v) is 4.40. The van der Waals surface area contributed by atoms with Crippen molar-refractivity contribution in [3.05, 3.63) is 65.5 Å². The summed E-state index contributed by atoms with van der Waals surface area (Å²) >= 11 is -2.70. The SMILES string of the molecule is [CH3][Sn]([CH3])([CH3])[O]C(=N)N=N/C(=C\c1c(O)[nH]c2ccccc12)c1ccc(F)cc1. The van der Waals surface area contributed by atoms with E-state index in [0.717, 1.165) is 10.9 Å². The number of aromatic amines is 1. The summed E-state index contributed by atoms with van der Waals surface area (Å²) in [5.74, 6) is -0.374. The Morgan fingerprint density at radius 2 is 1.79 bits per heavy atom. The third-order valence-electron chi connectivity index (χ3n) is 3.80. The van der Waals surface area contributed by atoms with Crippen LogP contribution < -0.4 is 0 Å². The molecule has 0 unspecified atom stereocenters. The van der Waals surface area contributed by atoms with E-state index in [1.807, 2.05) is 39.1 Å². The normalized spacial score (nSPS) is 12.6. The Hall–Kier alpha value is -2.68. The number of para-hydroxylation sites is 1. The van der Waals surface area contributed by atoms with Crippen LogP contribution >= 0.6 is 0 Å². The maximum absolute atomic E-state index is 13.3. The second-order valence-corrected chi connectivity index (χ2v) is 19.8. The fraction of sp³-hybridized carbons (Fsp3) is 0.150. The van der Waals surface area contributed by atoms with Crippen LogP contribution in [-0.2, 0) is 3.07 Å². The van der Waals surface area contributed by atoms with Gasteiger partial charge in [0.1, 0.15) is 0 Å². The number of H-pyrrole nitrogens is 1. The summed E-state index contributed by atoms with van der Waals surface area (Å²) in [5, 5.41) is 27.0. The molecule has 0 aliphatic heterocycles. The van der Waals surface area contributed by atoms with Gasteiger partial charge in [0.25, 0.3) is 0 Å². The van der Waals surface area contributed by atoms with Crippen LogP contribution in [0.25, 0.3) is 22.7 Å². The van der Waals surface area contributed by atoms with Gasteiger partial charge >= 0.3 is 167 Å². The number of nitrogens with zero attached hydrogens (tertiary/aromatic N) is 2. The zero-order valence-corrected chi connectivity index (χ0v) is 18.7. The van der Waals surface area contributed by atoms with Gasteiger partial charge in [-0.3, -0.25) is 0 Å². The Labute approximate surface area is 166 Å². The first-order chi connectivity index (χ1) is 13.2. The van der Waals surface area contributed by atoms with Crippen molar-refractivity contribution >= 4 is 47.5 Å². The monoisotopic (exact) mass is 488 g/mol. The molecule has 8 heteroatoms. The van der Waals surface area contributed by atoms with E-state index in [1.165, 1.54) is 12.1 Å². The van der Waals surface area contributed by atoms with Crippen LogP contribution in [0.3, 0.4) is 0 Å². The van der Waals surface area contributed by atoms with E-state index >= 15 is 0 Å². The molecule has 0 fully saturated rings. The zero-order chi connectivity index (χ0) is 20.3. The van der Waals surface area contributed by atoms with Crippen molar-refractivity contribution < 1.29 is 12.6 Å². The summed E-state index contributed by atoms with van der Waals surface area (Å²) < 4.78 is 18.9. The molecule has 3 aromatic rings. The minimum atomic E-state index is -2.70. The number of rotatable bonds is 4. The Morgan fingerprint density at radius 3 is 2.46 bits per heavy atom. The number of hydrogen-bond acceptors (Lipinski definition) is 4. The molecule has 0 saturated carbocycles. The minimum absolute atomic E-state index is 0.00627. The van der Waals surface area contributed by atoms with E-state index in [-0.39, 0.29) is 17.7 Å². The summed E-state index contributed by atoms with van der Waals surface area (Å²) in [6.07, 6.45) is 1.65. The van der Waals surface area contributed by atoms with Gasteiger partial charge in [-0.2, -0.15) is 0 Å². The molecule has 3 N–H and O–H groups in total. The molecule has 6 nitrogen and oxygen atoms in total. The van der Waals surface area contributed by atoms with Crippen LogP contribution in [0.4, 0.5) is 4.39 Å². The number of fused-ring (bicyclic) bond motifs is 1. The van der Waals surface area contributed by atoms with Crippen molar-refractivity contribution in [3.63, 3.8) is 0 Å². The predicted octanol–water partition coefficient (Wildman–Crippen LogP) is 5.75. The number of nitrogens with one attached hydrogen (secondary N) is 2. The molecule has 2 aromatic carbocycles. The molecule has 28 heavy (non-hydrogen) atoms. The number of azo groups is 1. The van der Waals surface area contributed by atoms with Crippen LogP contribution in [0.5, 0.6) is 5.88 Å². The molecule has 1 aromatic heterocycles. The van der Waals surface area contributed by atoms with Crippen LogP contribution in [0.15, 0.2) is 58.8 Å². The van der Waals surface area contributed by atoms with E-state index in [9.17, 15) is 9.50 Å². The van der Waals surface area contributed by atoms with Crippen molar-refractivity contribution in [1.29, 1.82) is 5.41 Å². The van der Waals surface area contributed by atoms with Crippen molar-refractivity contribution in [2.24, 2.45) is 10.2 Å². The average molecular weight is 487 g/mol. The number of hydrogen-bond donors (Lipinski definition) is 3. The molecule has 0 amide bonds. The third-order valence-corrected chi connectivity index (χ3v) is 6.10. The Kier molecular flexibility index (Phi) is 5.83. The number of aromatic nitrogens is 1. The van der Waals surface area contributed by atoms with Gasteiger partial charge in [-0.1, -0.05) is 0 Å². The van der Waals surface area contributed by atoms with E-state index in [1.54, 1.807) is 18.2 Å². The van der Waals surface area contributed by atoms with Crippen LogP contribution in [0.1, 0.15) is 11.1 Å². The molecular weight excluding hydrogens is 466 g/mol. The Bertz CT molecular complexity index is 1070. The molecule has 0 spiro atoms. The molecular formula is C20H21FN4O2Sn. The molecule has 0 saturated heterocycles. The fourth-order valence-electron chi connectivity index (χ4n) is 2.63. The Morgan fingerprint density at radius 1 is 1.11 bits per heavy atom. The first kappa shape index (κ1) is 20.1. The average Bonchev–Trinajstić information content (AvgIpc) is 2.93. The molecule has 0 aliphatic carbocycles. The van der Waals surface area contributed by atoms with Crippen molar-refractivity contribution in [1.82, 2.24) is 4.98 Å². The van der Waals surface area contributed by atoms with E-state index in [2.05, 4.69) is 15.2 Å². The molecule has 3 rings (SSSR count). The first-order valence-corrected chi connectivity index (χ1v) is 18.4. The van der Waals surface area contributed by atoms with E-state index in [0.29, 0.717) is 16.8 Å². The quantitative estimate of drug-likeness (QED) is 0.189. The summed E-state index contributed by atoms with van der Waals surface area (Å²) in [5.41, 5.74) is 2.29. The first-order valence-electron chi connectivity index (χ1n) is 8.69. The molecule has 0 atom stereocenters. The van der Waals surface area contributed by atoms with Crippen molar-refractivity contribution in [2.45, 2.75) is 14.8 Å². The number of benzene rings is 2. The molecule has 1 heterocycles. The summed E-state index contributed by atoms with van der Waals surface area (Å²) in [4.78, 5) is 8.95. The van der Waals surface area contributed by atoms with Crippen molar-refractivity contribution in [3.8, 4) is 5.88 Å². The second kappa shape index (κ2) is 8.13. The third kappa shape index (κ3) is 4.98. The van der Waals surface area contributed by atoms with Crippen molar-refractivity contribution in [2.75, 3.05) is 0 Å². The summed E-state index contributed by atoms with van der Waals surface area (Å²) in [7, 11) is 0. The van der Waals surface area contributed by atoms with Crippen LogP contribution in [0.2, 0.25) is 14.8 Å².